The molecule has 120 valence electrons. The maximum absolute atomic E-state index is 6.51. The largest absolute Gasteiger partial charge is 0.326 e. The molecule has 0 spiro atoms. The maximum atomic E-state index is 6.51. The normalized spacial score (nSPS) is 24.4. The molecule has 3 atom stereocenters. The van der Waals surface area contributed by atoms with Gasteiger partial charge in [-0.25, -0.2) is 0 Å². The van der Waals surface area contributed by atoms with Crippen LogP contribution in [0.25, 0.3) is 0 Å². The van der Waals surface area contributed by atoms with Crippen LogP contribution in [0.15, 0.2) is 12.3 Å². The van der Waals surface area contributed by atoms with Crippen LogP contribution in [-0.2, 0) is 6.42 Å². The summed E-state index contributed by atoms with van der Waals surface area (Å²) in [6, 6.07) is 2.90. The number of hydrogen-bond acceptors (Lipinski definition) is 4. The SMILES string of the molecule is CCC1SCCSC1C(N)Cc1ccn(C(CC)CC)n1. The first-order chi connectivity index (χ1) is 10.2. The Morgan fingerprint density at radius 3 is 2.67 bits per heavy atom. The summed E-state index contributed by atoms with van der Waals surface area (Å²) in [5.41, 5.74) is 7.67. The second-order valence-electron chi connectivity index (χ2n) is 5.78. The summed E-state index contributed by atoms with van der Waals surface area (Å²) in [5.74, 6) is 2.51. The van der Waals surface area contributed by atoms with Gasteiger partial charge in [0.15, 0.2) is 0 Å². The summed E-state index contributed by atoms with van der Waals surface area (Å²) in [7, 11) is 0. The van der Waals surface area contributed by atoms with Gasteiger partial charge >= 0.3 is 0 Å². The molecule has 0 radical (unpaired) electrons. The van der Waals surface area contributed by atoms with Crippen molar-refractivity contribution < 1.29 is 0 Å². The molecule has 1 aliphatic heterocycles. The lowest BCUT2D eigenvalue weighted by atomic mass is 10.0. The average Bonchev–Trinajstić information content (AvgIpc) is 2.96. The minimum absolute atomic E-state index is 0.220. The van der Waals surface area contributed by atoms with Gasteiger partial charge < -0.3 is 5.73 Å². The molecule has 2 N–H and O–H groups in total. The third kappa shape index (κ3) is 4.42. The molecule has 1 fully saturated rings. The van der Waals surface area contributed by atoms with E-state index < -0.39 is 0 Å². The third-order valence-corrected chi connectivity index (χ3v) is 7.77. The van der Waals surface area contributed by atoms with E-state index in [1.165, 1.54) is 17.9 Å². The number of nitrogens with zero attached hydrogens (tertiary/aromatic N) is 2. The predicted octanol–water partition coefficient (Wildman–Crippen LogP) is 3.74. The van der Waals surface area contributed by atoms with Crippen molar-refractivity contribution in [2.45, 2.75) is 69.0 Å². The van der Waals surface area contributed by atoms with E-state index in [0.717, 1.165) is 25.0 Å². The van der Waals surface area contributed by atoms with Gasteiger partial charge in [0, 0.05) is 40.7 Å². The van der Waals surface area contributed by atoms with Crippen LogP contribution in [0.3, 0.4) is 0 Å². The van der Waals surface area contributed by atoms with Gasteiger partial charge in [-0.3, -0.25) is 4.68 Å². The van der Waals surface area contributed by atoms with E-state index in [9.17, 15) is 0 Å². The Hall–Kier alpha value is -0.130. The average molecular weight is 328 g/mol. The van der Waals surface area contributed by atoms with Gasteiger partial charge in [0.1, 0.15) is 0 Å². The van der Waals surface area contributed by atoms with E-state index >= 15 is 0 Å². The molecule has 1 aromatic rings. The van der Waals surface area contributed by atoms with Gasteiger partial charge in [-0.05, 0) is 25.3 Å². The molecule has 0 bridgehead atoms. The van der Waals surface area contributed by atoms with Crippen LogP contribution in [0.5, 0.6) is 0 Å². The molecular formula is C16H29N3S2. The van der Waals surface area contributed by atoms with E-state index in [1.807, 2.05) is 0 Å². The summed E-state index contributed by atoms with van der Waals surface area (Å²) < 4.78 is 2.13. The first kappa shape index (κ1) is 17.2. The lowest BCUT2D eigenvalue weighted by Crippen LogP contribution is -2.43. The van der Waals surface area contributed by atoms with Crippen molar-refractivity contribution >= 4 is 23.5 Å². The van der Waals surface area contributed by atoms with Gasteiger partial charge in [0.25, 0.3) is 0 Å². The molecule has 0 aromatic carbocycles. The van der Waals surface area contributed by atoms with Gasteiger partial charge in [0.2, 0.25) is 0 Å². The van der Waals surface area contributed by atoms with Crippen molar-refractivity contribution in [2.75, 3.05) is 11.5 Å². The summed E-state index contributed by atoms with van der Waals surface area (Å²) in [4.78, 5) is 0. The number of rotatable bonds is 7. The van der Waals surface area contributed by atoms with Gasteiger partial charge in [-0.1, -0.05) is 20.8 Å². The van der Waals surface area contributed by atoms with Crippen LogP contribution in [0.4, 0.5) is 0 Å². The molecule has 21 heavy (non-hydrogen) atoms. The molecular weight excluding hydrogens is 298 g/mol. The third-order valence-electron chi connectivity index (χ3n) is 4.34. The number of nitrogens with two attached hydrogens (primary N) is 1. The quantitative estimate of drug-likeness (QED) is 0.828. The van der Waals surface area contributed by atoms with Crippen molar-refractivity contribution in [1.82, 2.24) is 9.78 Å². The Morgan fingerprint density at radius 1 is 1.29 bits per heavy atom. The van der Waals surface area contributed by atoms with Crippen LogP contribution in [0, 0.1) is 0 Å². The summed E-state index contributed by atoms with van der Waals surface area (Å²) in [5, 5.41) is 6.04. The molecule has 0 amide bonds. The fraction of sp³-hybridized carbons (Fsp3) is 0.812. The zero-order chi connectivity index (χ0) is 15.2. The van der Waals surface area contributed by atoms with Crippen molar-refractivity contribution in [1.29, 1.82) is 0 Å². The van der Waals surface area contributed by atoms with E-state index in [2.05, 4.69) is 61.2 Å². The molecule has 1 aliphatic rings. The Labute approximate surface area is 137 Å². The number of aromatic nitrogens is 2. The Bertz CT molecular complexity index is 417. The summed E-state index contributed by atoms with van der Waals surface area (Å²) in [6.07, 6.45) is 6.52. The Morgan fingerprint density at radius 2 is 2.00 bits per heavy atom. The van der Waals surface area contributed by atoms with Crippen molar-refractivity contribution in [3.63, 3.8) is 0 Å². The topological polar surface area (TPSA) is 43.8 Å². The number of thioether (sulfide) groups is 2. The molecule has 2 heterocycles. The monoisotopic (exact) mass is 327 g/mol. The van der Waals surface area contributed by atoms with Crippen LogP contribution in [0.1, 0.15) is 51.8 Å². The van der Waals surface area contributed by atoms with Gasteiger partial charge in [0.05, 0.1) is 11.7 Å². The first-order valence-corrected chi connectivity index (χ1v) is 10.3. The van der Waals surface area contributed by atoms with Crippen LogP contribution < -0.4 is 5.73 Å². The van der Waals surface area contributed by atoms with E-state index in [-0.39, 0.29) is 6.04 Å². The number of hydrogen-bond donors (Lipinski definition) is 1. The Balaban J connectivity index is 1.97. The smallest absolute Gasteiger partial charge is 0.0640 e. The van der Waals surface area contributed by atoms with E-state index in [1.54, 1.807) is 0 Å². The molecule has 0 aliphatic carbocycles. The highest BCUT2D eigenvalue weighted by atomic mass is 32.2. The fourth-order valence-electron chi connectivity index (χ4n) is 3.05. The van der Waals surface area contributed by atoms with Crippen molar-refractivity contribution in [3.05, 3.63) is 18.0 Å². The molecule has 3 unspecified atom stereocenters. The van der Waals surface area contributed by atoms with Gasteiger partial charge in [-0.15, -0.1) is 0 Å². The summed E-state index contributed by atoms with van der Waals surface area (Å²) in [6.45, 7) is 6.73. The van der Waals surface area contributed by atoms with E-state index in [0.29, 0.717) is 16.5 Å². The molecule has 1 aromatic heterocycles. The summed E-state index contributed by atoms with van der Waals surface area (Å²) >= 11 is 4.17. The molecule has 3 nitrogen and oxygen atoms in total. The van der Waals surface area contributed by atoms with Crippen molar-refractivity contribution in [2.24, 2.45) is 5.73 Å². The minimum atomic E-state index is 0.220. The van der Waals surface area contributed by atoms with Crippen LogP contribution in [-0.4, -0.2) is 37.8 Å². The van der Waals surface area contributed by atoms with Gasteiger partial charge in [-0.2, -0.15) is 28.6 Å². The highest BCUT2D eigenvalue weighted by molar-refractivity contribution is 8.07. The zero-order valence-corrected chi connectivity index (χ0v) is 15.1. The standard InChI is InChI=1S/C16H29N3S2/c1-4-13(5-2)19-8-7-12(18-19)11-14(17)16-15(6-3)20-9-10-21-16/h7-8,13-16H,4-6,9-11,17H2,1-3H3. The molecule has 0 saturated carbocycles. The lowest BCUT2D eigenvalue weighted by molar-refractivity contribution is 0.424. The fourth-order valence-corrected chi connectivity index (χ4v) is 6.24. The first-order valence-electron chi connectivity index (χ1n) is 8.22. The van der Waals surface area contributed by atoms with Crippen LogP contribution in [0.2, 0.25) is 0 Å². The molecule has 1 saturated heterocycles. The highest BCUT2D eigenvalue weighted by Crippen LogP contribution is 2.35. The zero-order valence-electron chi connectivity index (χ0n) is 13.5. The Kier molecular flexibility index (Phi) is 6.96. The maximum Gasteiger partial charge on any atom is 0.0640 e. The van der Waals surface area contributed by atoms with Crippen molar-refractivity contribution in [3.8, 4) is 0 Å². The predicted molar refractivity (Wildman–Crippen MR) is 96.3 cm³/mol. The lowest BCUT2D eigenvalue weighted by Gasteiger charge is -2.33. The highest BCUT2D eigenvalue weighted by Gasteiger charge is 2.30. The van der Waals surface area contributed by atoms with E-state index in [4.69, 9.17) is 10.8 Å². The second kappa shape index (κ2) is 8.49. The molecule has 2 rings (SSSR count). The minimum Gasteiger partial charge on any atom is -0.326 e. The second-order valence-corrected chi connectivity index (χ2v) is 8.41. The van der Waals surface area contributed by atoms with Crippen LogP contribution >= 0.6 is 23.5 Å². The molecule has 5 heteroatoms.